The van der Waals surface area contributed by atoms with Crippen molar-refractivity contribution in [3.8, 4) is 11.4 Å². The van der Waals surface area contributed by atoms with Crippen molar-refractivity contribution in [1.29, 1.82) is 0 Å². The number of aromatic nitrogens is 3. The number of carbonyl (C=O) groups is 1. The summed E-state index contributed by atoms with van der Waals surface area (Å²) < 4.78 is 1.99. The lowest BCUT2D eigenvalue weighted by atomic mass is 10.1. The summed E-state index contributed by atoms with van der Waals surface area (Å²) in [6, 6.07) is 11.9. The average molecular weight is 446 g/mol. The smallest absolute Gasteiger partial charge is 0.271 e. The molecule has 156 valence electrons. The normalized spacial score (nSPS) is 10.8. The van der Waals surface area contributed by atoms with Crippen molar-refractivity contribution in [2.75, 3.05) is 11.1 Å². The predicted molar refractivity (Wildman–Crippen MR) is 118 cm³/mol. The fraction of sp³-hybridized carbons (Fsp3) is 0.250. The van der Waals surface area contributed by atoms with Gasteiger partial charge in [0.05, 0.1) is 21.4 Å². The van der Waals surface area contributed by atoms with Gasteiger partial charge in [-0.15, -0.1) is 10.2 Å². The van der Waals surface area contributed by atoms with Crippen LogP contribution in [0, 0.1) is 17.0 Å². The lowest BCUT2D eigenvalue weighted by Crippen LogP contribution is -2.15. The highest BCUT2D eigenvalue weighted by atomic mass is 35.5. The van der Waals surface area contributed by atoms with E-state index in [4.69, 9.17) is 11.6 Å². The number of non-ortho nitro benzene ring substituents is 1. The second-order valence-electron chi connectivity index (χ2n) is 6.59. The Morgan fingerprint density at radius 1 is 1.27 bits per heavy atom. The van der Waals surface area contributed by atoms with E-state index in [1.54, 1.807) is 0 Å². The number of carbonyl (C=O) groups excluding carboxylic acids is 1. The Labute approximate surface area is 182 Å². The van der Waals surface area contributed by atoms with Crippen LogP contribution in [0.3, 0.4) is 0 Å². The Bertz CT molecular complexity index is 1090. The summed E-state index contributed by atoms with van der Waals surface area (Å²) in [6.07, 6.45) is 0.889. The molecule has 0 aliphatic heterocycles. The van der Waals surface area contributed by atoms with Crippen LogP contribution < -0.4 is 5.32 Å². The molecule has 2 aromatic carbocycles. The number of halogens is 1. The van der Waals surface area contributed by atoms with Gasteiger partial charge in [-0.2, -0.15) is 0 Å². The van der Waals surface area contributed by atoms with Gasteiger partial charge in [-0.3, -0.25) is 14.9 Å². The molecule has 3 rings (SSSR count). The van der Waals surface area contributed by atoms with Gasteiger partial charge in [0.15, 0.2) is 11.0 Å². The second-order valence-corrected chi connectivity index (χ2v) is 7.94. The molecule has 0 aliphatic rings. The number of rotatable bonds is 8. The quantitative estimate of drug-likeness (QED) is 0.298. The van der Waals surface area contributed by atoms with E-state index in [2.05, 4.69) is 22.4 Å². The van der Waals surface area contributed by atoms with Crippen molar-refractivity contribution < 1.29 is 9.72 Å². The molecular formula is C20H20ClN5O3S. The molecule has 1 aromatic heterocycles. The lowest BCUT2D eigenvalue weighted by molar-refractivity contribution is -0.384. The first kappa shape index (κ1) is 21.8. The number of nitro benzene ring substituents is 1. The van der Waals surface area contributed by atoms with E-state index in [-0.39, 0.29) is 28.1 Å². The number of nitrogens with zero attached hydrogens (tertiary/aromatic N) is 4. The van der Waals surface area contributed by atoms with Crippen LogP contribution in [0.15, 0.2) is 47.6 Å². The van der Waals surface area contributed by atoms with Gasteiger partial charge in [-0.25, -0.2) is 0 Å². The standard InChI is InChI=1S/C20H20ClN5O3S/c1-3-9-25-19(14-6-4-5-13(2)10-14)23-24-20(25)30-12-18(27)22-17-11-15(26(28)29)7-8-16(17)21/h4-8,10-11H,3,9,12H2,1-2H3,(H,22,27). The summed E-state index contributed by atoms with van der Waals surface area (Å²) in [5, 5.41) is 23.0. The Kier molecular flexibility index (Phi) is 7.07. The molecule has 1 amide bonds. The largest absolute Gasteiger partial charge is 0.324 e. The number of thioether (sulfide) groups is 1. The van der Waals surface area contributed by atoms with Crippen LogP contribution in [-0.2, 0) is 11.3 Å². The Morgan fingerprint density at radius 2 is 2.07 bits per heavy atom. The van der Waals surface area contributed by atoms with Crippen LogP contribution in [0.4, 0.5) is 11.4 Å². The first-order valence-electron chi connectivity index (χ1n) is 9.26. The maximum absolute atomic E-state index is 12.4. The molecule has 0 aliphatic carbocycles. The van der Waals surface area contributed by atoms with Gasteiger partial charge >= 0.3 is 0 Å². The lowest BCUT2D eigenvalue weighted by Gasteiger charge is -2.10. The summed E-state index contributed by atoms with van der Waals surface area (Å²) in [4.78, 5) is 22.8. The van der Waals surface area contributed by atoms with Crippen LogP contribution in [0.1, 0.15) is 18.9 Å². The molecule has 0 atom stereocenters. The first-order chi connectivity index (χ1) is 14.4. The molecular weight excluding hydrogens is 426 g/mol. The zero-order chi connectivity index (χ0) is 21.7. The summed E-state index contributed by atoms with van der Waals surface area (Å²) in [5.41, 5.74) is 2.15. The maximum Gasteiger partial charge on any atom is 0.271 e. The average Bonchev–Trinajstić information content (AvgIpc) is 3.11. The van der Waals surface area contributed by atoms with Crippen molar-refractivity contribution in [3.63, 3.8) is 0 Å². The molecule has 1 N–H and O–H groups in total. The van der Waals surface area contributed by atoms with Gasteiger partial charge in [0.1, 0.15) is 0 Å². The van der Waals surface area contributed by atoms with Gasteiger partial charge in [0.25, 0.3) is 5.69 Å². The fourth-order valence-electron chi connectivity index (χ4n) is 2.86. The van der Waals surface area contributed by atoms with E-state index >= 15 is 0 Å². The highest BCUT2D eigenvalue weighted by molar-refractivity contribution is 7.99. The maximum atomic E-state index is 12.4. The predicted octanol–water partition coefficient (Wildman–Crippen LogP) is 4.96. The Balaban J connectivity index is 1.73. The van der Waals surface area contributed by atoms with Gasteiger partial charge in [-0.05, 0) is 25.5 Å². The van der Waals surface area contributed by atoms with Crippen molar-refractivity contribution in [2.24, 2.45) is 0 Å². The van der Waals surface area contributed by atoms with Crippen LogP contribution in [0.2, 0.25) is 5.02 Å². The highest BCUT2D eigenvalue weighted by Gasteiger charge is 2.17. The highest BCUT2D eigenvalue weighted by Crippen LogP contribution is 2.28. The van der Waals surface area contributed by atoms with Crippen LogP contribution >= 0.6 is 23.4 Å². The Hall–Kier alpha value is -2.91. The number of aryl methyl sites for hydroxylation is 1. The molecule has 0 saturated heterocycles. The summed E-state index contributed by atoms with van der Waals surface area (Å²) in [5.74, 6) is 0.477. The second kappa shape index (κ2) is 9.73. The summed E-state index contributed by atoms with van der Waals surface area (Å²) in [6.45, 7) is 4.80. The van der Waals surface area contributed by atoms with Crippen LogP contribution in [-0.4, -0.2) is 31.3 Å². The molecule has 0 bridgehead atoms. The molecule has 0 unspecified atom stereocenters. The molecule has 0 radical (unpaired) electrons. The molecule has 30 heavy (non-hydrogen) atoms. The molecule has 1 heterocycles. The van der Waals surface area contributed by atoms with Crippen molar-refractivity contribution >= 4 is 40.6 Å². The summed E-state index contributed by atoms with van der Waals surface area (Å²) in [7, 11) is 0. The minimum atomic E-state index is -0.541. The molecule has 0 fully saturated rings. The third kappa shape index (κ3) is 5.17. The number of benzene rings is 2. The van der Waals surface area contributed by atoms with Crippen molar-refractivity contribution in [1.82, 2.24) is 14.8 Å². The van der Waals surface area contributed by atoms with Crippen LogP contribution in [0.5, 0.6) is 0 Å². The minimum Gasteiger partial charge on any atom is -0.324 e. The van der Waals surface area contributed by atoms with Crippen molar-refractivity contribution in [3.05, 3.63) is 63.2 Å². The Morgan fingerprint density at radius 3 is 2.77 bits per heavy atom. The number of nitrogens with one attached hydrogen (secondary N) is 1. The first-order valence-corrected chi connectivity index (χ1v) is 10.6. The van der Waals surface area contributed by atoms with E-state index in [0.29, 0.717) is 5.16 Å². The number of amides is 1. The minimum absolute atomic E-state index is 0.0642. The van der Waals surface area contributed by atoms with E-state index in [0.717, 1.165) is 29.9 Å². The van der Waals surface area contributed by atoms with E-state index in [9.17, 15) is 14.9 Å². The van der Waals surface area contributed by atoms with Gasteiger partial charge in [-0.1, -0.05) is 54.0 Å². The van der Waals surface area contributed by atoms with Gasteiger partial charge in [0.2, 0.25) is 5.91 Å². The number of hydrogen-bond donors (Lipinski definition) is 1. The fourth-order valence-corrected chi connectivity index (χ4v) is 3.79. The zero-order valence-corrected chi connectivity index (χ0v) is 18.0. The number of nitro groups is 1. The third-order valence-corrected chi connectivity index (χ3v) is 5.50. The topological polar surface area (TPSA) is 103 Å². The van der Waals surface area contributed by atoms with Gasteiger partial charge < -0.3 is 9.88 Å². The van der Waals surface area contributed by atoms with Crippen molar-refractivity contribution in [2.45, 2.75) is 32.0 Å². The third-order valence-electron chi connectivity index (χ3n) is 4.21. The monoisotopic (exact) mass is 445 g/mol. The molecule has 3 aromatic rings. The van der Waals surface area contributed by atoms with Crippen LogP contribution in [0.25, 0.3) is 11.4 Å². The SMILES string of the molecule is CCCn1c(SCC(=O)Nc2cc([N+](=O)[O-])ccc2Cl)nnc1-c1cccc(C)c1. The number of anilines is 1. The van der Waals surface area contributed by atoms with E-state index in [1.165, 1.54) is 30.0 Å². The molecule has 0 spiro atoms. The van der Waals surface area contributed by atoms with Gasteiger partial charge in [0, 0.05) is 24.2 Å². The molecule has 10 heteroatoms. The molecule has 8 nitrogen and oxygen atoms in total. The number of hydrogen-bond acceptors (Lipinski definition) is 6. The zero-order valence-electron chi connectivity index (χ0n) is 16.5. The molecule has 0 saturated carbocycles. The summed E-state index contributed by atoms with van der Waals surface area (Å²) >= 11 is 7.29. The van der Waals surface area contributed by atoms with E-state index in [1.807, 2.05) is 35.8 Å². The van der Waals surface area contributed by atoms with E-state index < -0.39 is 4.92 Å².